The van der Waals surface area contributed by atoms with Crippen molar-refractivity contribution in [2.24, 2.45) is 4.99 Å². The Morgan fingerprint density at radius 3 is 2.60 bits per heavy atom. The van der Waals surface area contributed by atoms with Crippen molar-refractivity contribution < 1.29 is 19.2 Å². The zero-order valence-corrected chi connectivity index (χ0v) is 17.3. The molecule has 30 heavy (non-hydrogen) atoms. The number of hydrogen-bond donors (Lipinski definition) is 3. The third kappa shape index (κ3) is 7.00. The quantitative estimate of drug-likeness (QED) is 0.250. The number of ether oxygens (including phenoxy) is 1. The Labute approximate surface area is 174 Å². The van der Waals surface area contributed by atoms with E-state index in [1.165, 1.54) is 30.3 Å². The first-order valence-electron chi connectivity index (χ1n) is 9.66. The molecule has 0 amide bonds. The number of aliphatic imine (C=N–C) groups is 1. The van der Waals surface area contributed by atoms with Crippen LogP contribution in [0.2, 0.25) is 0 Å². The average molecular weight is 418 g/mol. The van der Waals surface area contributed by atoms with E-state index >= 15 is 0 Å². The predicted octanol–water partition coefficient (Wildman–Crippen LogP) is 3.10. The molecule has 0 aliphatic heterocycles. The van der Waals surface area contributed by atoms with Crippen molar-refractivity contribution >= 4 is 11.6 Å². The molecule has 8 nitrogen and oxygen atoms in total. The Bertz CT molecular complexity index is 874. The lowest BCUT2D eigenvalue weighted by atomic mass is 10.1. The van der Waals surface area contributed by atoms with E-state index < -0.39 is 11.0 Å². The molecule has 2 atom stereocenters. The highest BCUT2D eigenvalue weighted by Gasteiger charge is 2.11. The molecule has 0 aromatic heterocycles. The predicted molar refractivity (Wildman–Crippen MR) is 113 cm³/mol. The van der Waals surface area contributed by atoms with Crippen LogP contribution in [0.3, 0.4) is 0 Å². The van der Waals surface area contributed by atoms with Crippen molar-refractivity contribution in [2.45, 2.75) is 32.9 Å². The van der Waals surface area contributed by atoms with Gasteiger partial charge in [0, 0.05) is 18.7 Å². The summed E-state index contributed by atoms with van der Waals surface area (Å²) in [6.45, 7) is 6.21. The summed E-state index contributed by atoms with van der Waals surface area (Å²) in [6, 6.07) is 10.5. The zero-order chi connectivity index (χ0) is 22.1. The lowest BCUT2D eigenvalue weighted by molar-refractivity contribution is -0.384. The van der Waals surface area contributed by atoms with E-state index in [2.05, 4.69) is 15.6 Å². The summed E-state index contributed by atoms with van der Waals surface area (Å²) >= 11 is 0. The number of aryl methyl sites for hydroxylation is 1. The molecule has 0 aliphatic carbocycles. The Kier molecular flexibility index (Phi) is 8.54. The molecular formula is C21H27FN4O4. The molecule has 0 saturated carbocycles. The molecule has 2 rings (SSSR count). The minimum atomic E-state index is -0.872. The second-order valence-electron chi connectivity index (χ2n) is 6.81. The van der Waals surface area contributed by atoms with Gasteiger partial charge in [-0.3, -0.25) is 15.1 Å². The number of halogens is 1. The Morgan fingerprint density at radius 2 is 2.00 bits per heavy atom. The number of nitrogens with zero attached hydrogens (tertiary/aromatic N) is 2. The normalized spacial score (nSPS) is 13.4. The van der Waals surface area contributed by atoms with Crippen LogP contribution < -0.4 is 15.4 Å². The van der Waals surface area contributed by atoms with E-state index in [-0.39, 0.29) is 30.7 Å². The number of aliphatic hydroxyl groups excluding tert-OH is 1. The second kappa shape index (κ2) is 11.1. The fraction of sp³-hybridized carbons (Fsp3) is 0.381. The van der Waals surface area contributed by atoms with Crippen LogP contribution in [0.1, 0.15) is 31.0 Å². The van der Waals surface area contributed by atoms with Gasteiger partial charge in [-0.25, -0.2) is 4.39 Å². The van der Waals surface area contributed by atoms with E-state index in [9.17, 15) is 19.6 Å². The molecule has 0 bridgehead atoms. The van der Waals surface area contributed by atoms with E-state index in [0.717, 1.165) is 5.56 Å². The minimum absolute atomic E-state index is 0.0144. The van der Waals surface area contributed by atoms with Gasteiger partial charge in [0.1, 0.15) is 24.3 Å². The number of nitrogens with one attached hydrogen (secondary N) is 2. The van der Waals surface area contributed by atoms with Crippen LogP contribution in [0.5, 0.6) is 5.75 Å². The largest absolute Gasteiger partial charge is 0.491 e. The molecule has 162 valence electrons. The molecule has 0 aliphatic rings. The lowest BCUT2D eigenvalue weighted by Gasteiger charge is -2.19. The van der Waals surface area contributed by atoms with Gasteiger partial charge in [-0.2, -0.15) is 0 Å². The molecule has 3 N–H and O–H groups in total. The number of nitro benzene ring substituents is 1. The highest BCUT2D eigenvalue weighted by Crippen LogP contribution is 2.18. The van der Waals surface area contributed by atoms with Gasteiger partial charge < -0.3 is 20.5 Å². The molecule has 0 radical (unpaired) electrons. The number of non-ortho nitro benzene ring substituents is 1. The van der Waals surface area contributed by atoms with Crippen molar-refractivity contribution in [1.82, 2.24) is 10.6 Å². The molecule has 0 fully saturated rings. The van der Waals surface area contributed by atoms with Gasteiger partial charge in [-0.1, -0.05) is 12.1 Å². The summed E-state index contributed by atoms with van der Waals surface area (Å²) < 4.78 is 19.3. The maximum Gasteiger partial charge on any atom is 0.269 e. The van der Waals surface area contributed by atoms with E-state index in [1.807, 2.05) is 19.9 Å². The monoisotopic (exact) mass is 418 g/mol. The molecule has 0 spiro atoms. The molecule has 2 aromatic carbocycles. The van der Waals surface area contributed by atoms with Crippen LogP contribution in [0.15, 0.2) is 47.5 Å². The first-order valence-corrected chi connectivity index (χ1v) is 9.66. The van der Waals surface area contributed by atoms with E-state index in [1.54, 1.807) is 13.0 Å². The van der Waals surface area contributed by atoms with Crippen LogP contribution in [-0.4, -0.2) is 41.8 Å². The van der Waals surface area contributed by atoms with Gasteiger partial charge in [0.05, 0.1) is 17.5 Å². The van der Waals surface area contributed by atoms with Crippen molar-refractivity contribution in [1.29, 1.82) is 0 Å². The number of guanidine groups is 1. The summed E-state index contributed by atoms with van der Waals surface area (Å²) in [7, 11) is 0. The molecule has 0 saturated heterocycles. The van der Waals surface area contributed by atoms with Crippen LogP contribution in [0, 0.1) is 22.9 Å². The summed E-state index contributed by atoms with van der Waals surface area (Å²) in [5.41, 5.74) is 1.34. The van der Waals surface area contributed by atoms with Crippen LogP contribution in [0.25, 0.3) is 0 Å². The van der Waals surface area contributed by atoms with Gasteiger partial charge in [0.2, 0.25) is 0 Å². The van der Waals surface area contributed by atoms with Crippen LogP contribution >= 0.6 is 0 Å². The average Bonchev–Trinajstić information content (AvgIpc) is 2.72. The molecule has 0 heterocycles. The van der Waals surface area contributed by atoms with Gasteiger partial charge in [-0.15, -0.1) is 0 Å². The summed E-state index contributed by atoms with van der Waals surface area (Å²) in [5, 5.41) is 27.1. The molecule has 9 heteroatoms. The highest BCUT2D eigenvalue weighted by molar-refractivity contribution is 5.80. The fourth-order valence-electron chi connectivity index (χ4n) is 2.59. The minimum Gasteiger partial charge on any atom is -0.491 e. The van der Waals surface area contributed by atoms with Crippen LogP contribution in [-0.2, 0) is 0 Å². The Morgan fingerprint density at radius 1 is 1.30 bits per heavy atom. The third-order valence-electron chi connectivity index (χ3n) is 4.34. The summed E-state index contributed by atoms with van der Waals surface area (Å²) in [5.74, 6) is 0.644. The van der Waals surface area contributed by atoms with Gasteiger partial charge >= 0.3 is 0 Å². The van der Waals surface area contributed by atoms with Crippen molar-refractivity contribution in [3.8, 4) is 5.75 Å². The molecule has 2 aromatic rings. The molecular weight excluding hydrogens is 391 g/mol. The van der Waals surface area contributed by atoms with Gasteiger partial charge in [0.25, 0.3) is 5.69 Å². The third-order valence-corrected chi connectivity index (χ3v) is 4.34. The fourth-order valence-corrected chi connectivity index (χ4v) is 2.59. The summed E-state index contributed by atoms with van der Waals surface area (Å²) in [4.78, 5) is 14.5. The first kappa shape index (κ1) is 23.1. The first-order chi connectivity index (χ1) is 14.3. The van der Waals surface area contributed by atoms with Crippen molar-refractivity contribution in [3.05, 3.63) is 69.5 Å². The zero-order valence-electron chi connectivity index (χ0n) is 17.3. The van der Waals surface area contributed by atoms with Crippen LogP contribution in [0.4, 0.5) is 10.1 Å². The maximum atomic E-state index is 13.8. The van der Waals surface area contributed by atoms with Crippen molar-refractivity contribution in [3.63, 3.8) is 0 Å². The smallest absolute Gasteiger partial charge is 0.269 e. The number of hydrogen-bond acceptors (Lipinski definition) is 5. The van der Waals surface area contributed by atoms with E-state index in [4.69, 9.17) is 4.74 Å². The van der Waals surface area contributed by atoms with Crippen molar-refractivity contribution in [2.75, 3.05) is 19.7 Å². The summed E-state index contributed by atoms with van der Waals surface area (Å²) in [6.07, 6.45) is -0.872. The highest BCUT2D eigenvalue weighted by atomic mass is 19.1. The van der Waals surface area contributed by atoms with Gasteiger partial charge in [-0.05, 0) is 50.1 Å². The standard InChI is InChI=1S/C21H27FN4O4/c1-4-23-21(25-15(3)16-6-5-14(2)20(22)11-16)24-12-18(27)13-30-19-9-7-17(8-10-19)26(28)29/h5-11,15,18,27H,4,12-13H2,1-3H3,(H2,23,24,25). The number of rotatable bonds is 9. The SMILES string of the molecule is CCNC(=NCC(O)COc1ccc([N+](=O)[O-])cc1)NC(C)c1ccc(C)c(F)c1. The topological polar surface area (TPSA) is 109 Å². The number of benzene rings is 2. The molecule has 2 unspecified atom stereocenters. The maximum absolute atomic E-state index is 13.8. The Hall–Kier alpha value is -3.20. The van der Waals surface area contributed by atoms with Gasteiger partial charge in [0.15, 0.2) is 5.96 Å². The Balaban J connectivity index is 1.90. The number of aliphatic hydroxyl groups is 1. The second-order valence-corrected chi connectivity index (χ2v) is 6.81. The lowest BCUT2D eigenvalue weighted by Crippen LogP contribution is -2.39. The van der Waals surface area contributed by atoms with E-state index in [0.29, 0.717) is 23.8 Å². The number of nitro groups is 1.